The number of alkyl halides is 1. The molecule has 0 aliphatic rings. The number of thiophene rings is 1. The molecule has 0 aliphatic carbocycles. The zero-order valence-electron chi connectivity index (χ0n) is 8.36. The molecule has 0 radical (unpaired) electrons. The molecule has 0 fully saturated rings. The molecule has 2 heterocycles. The first-order valence-corrected chi connectivity index (χ1v) is 6.91. The zero-order valence-corrected chi connectivity index (χ0v) is 10.8. The number of rotatable bonds is 4. The highest BCUT2D eigenvalue weighted by Gasteiger charge is 2.07. The fourth-order valence-electron chi connectivity index (χ4n) is 1.22. The van der Waals surface area contributed by atoms with Crippen molar-refractivity contribution >= 4 is 34.3 Å². The minimum absolute atomic E-state index is 0.688. The van der Waals surface area contributed by atoms with Crippen molar-refractivity contribution < 1.29 is 0 Å². The molecule has 0 saturated heterocycles. The molecule has 80 valence electrons. The van der Waals surface area contributed by atoms with Crippen LogP contribution in [-0.2, 0) is 6.42 Å². The first-order valence-electron chi connectivity index (χ1n) is 4.75. The van der Waals surface area contributed by atoms with Crippen molar-refractivity contribution in [2.24, 2.45) is 0 Å². The fourth-order valence-corrected chi connectivity index (χ4v) is 3.15. The van der Waals surface area contributed by atoms with Crippen LogP contribution < -0.4 is 0 Å². The first-order chi connectivity index (χ1) is 7.29. The summed E-state index contributed by atoms with van der Waals surface area (Å²) in [4.78, 5) is 2.52. The van der Waals surface area contributed by atoms with Crippen LogP contribution in [0.25, 0.3) is 9.88 Å². The van der Waals surface area contributed by atoms with Crippen molar-refractivity contribution in [2.45, 2.75) is 19.8 Å². The lowest BCUT2D eigenvalue weighted by molar-refractivity contribution is 0.884. The minimum Gasteiger partial charge on any atom is -0.143 e. The molecule has 0 atom stereocenters. The Kier molecular flexibility index (Phi) is 3.72. The minimum atomic E-state index is 0.688. The van der Waals surface area contributed by atoms with E-state index in [1.165, 1.54) is 9.75 Å². The van der Waals surface area contributed by atoms with Crippen molar-refractivity contribution in [3.05, 3.63) is 22.0 Å². The van der Waals surface area contributed by atoms with E-state index in [0.29, 0.717) is 5.88 Å². The summed E-state index contributed by atoms with van der Waals surface area (Å²) in [5.74, 6) is 0.688. The summed E-state index contributed by atoms with van der Waals surface area (Å²) in [6.45, 7) is 2.10. The summed E-state index contributed by atoms with van der Waals surface area (Å²) >= 11 is 9.07. The molecular weight excluding hydrogens is 248 g/mol. The summed E-state index contributed by atoms with van der Waals surface area (Å²) in [5.41, 5.74) is 0. The third-order valence-corrected chi connectivity index (χ3v) is 4.36. The van der Waals surface area contributed by atoms with Gasteiger partial charge in [0.05, 0.1) is 4.88 Å². The van der Waals surface area contributed by atoms with Gasteiger partial charge in [0, 0.05) is 17.2 Å². The second kappa shape index (κ2) is 5.05. The van der Waals surface area contributed by atoms with E-state index >= 15 is 0 Å². The number of aromatic nitrogens is 2. The number of aryl methyl sites for hydroxylation is 2. The normalized spacial score (nSPS) is 10.8. The summed E-state index contributed by atoms with van der Waals surface area (Å²) in [7, 11) is 0. The summed E-state index contributed by atoms with van der Waals surface area (Å²) in [5, 5.41) is 10.5. The van der Waals surface area contributed by atoms with Gasteiger partial charge in [-0.05, 0) is 25.5 Å². The van der Waals surface area contributed by atoms with E-state index in [4.69, 9.17) is 11.6 Å². The van der Waals surface area contributed by atoms with E-state index in [2.05, 4.69) is 29.3 Å². The molecular formula is C10H11ClN2S2. The Morgan fingerprint density at radius 2 is 2.13 bits per heavy atom. The molecule has 2 aromatic rings. The maximum Gasteiger partial charge on any atom is 0.157 e. The lowest BCUT2D eigenvalue weighted by atomic mass is 10.4. The maximum absolute atomic E-state index is 5.64. The van der Waals surface area contributed by atoms with Crippen LogP contribution >= 0.6 is 34.3 Å². The van der Waals surface area contributed by atoms with Crippen molar-refractivity contribution in [1.82, 2.24) is 10.2 Å². The van der Waals surface area contributed by atoms with Crippen molar-refractivity contribution in [3.8, 4) is 9.88 Å². The van der Waals surface area contributed by atoms with Gasteiger partial charge in [-0.15, -0.1) is 33.1 Å². The Morgan fingerprint density at radius 1 is 1.27 bits per heavy atom. The molecule has 0 aliphatic heterocycles. The van der Waals surface area contributed by atoms with Crippen LogP contribution in [0.3, 0.4) is 0 Å². The lowest BCUT2D eigenvalue weighted by Gasteiger charge is -1.88. The highest BCUT2D eigenvalue weighted by Crippen LogP contribution is 2.30. The van der Waals surface area contributed by atoms with E-state index in [9.17, 15) is 0 Å². The van der Waals surface area contributed by atoms with Crippen molar-refractivity contribution in [3.63, 3.8) is 0 Å². The van der Waals surface area contributed by atoms with Gasteiger partial charge in [-0.3, -0.25) is 0 Å². The Labute approximate surface area is 102 Å². The van der Waals surface area contributed by atoms with Gasteiger partial charge in [-0.25, -0.2) is 0 Å². The van der Waals surface area contributed by atoms with Gasteiger partial charge in [0.1, 0.15) is 5.01 Å². The first kappa shape index (κ1) is 11.0. The van der Waals surface area contributed by atoms with Gasteiger partial charge in [0.2, 0.25) is 0 Å². The number of nitrogens with zero attached hydrogens (tertiary/aromatic N) is 2. The van der Waals surface area contributed by atoms with Crippen LogP contribution in [-0.4, -0.2) is 16.1 Å². The number of hydrogen-bond acceptors (Lipinski definition) is 4. The quantitative estimate of drug-likeness (QED) is 0.781. The standard InChI is InChI=1S/C10H11ClN2S2/c1-7-4-5-8(14-7)10-13-12-9(15-10)3-2-6-11/h4-5H,2-3,6H2,1H3. The smallest absolute Gasteiger partial charge is 0.143 e. The van der Waals surface area contributed by atoms with E-state index in [1.54, 1.807) is 22.7 Å². The second-order valence-corrected chi connectivity index (χ2v) is 5.93. The van der Waals surface area contributed by atoms with E-state index in [-0.39, 0.29) is 0 Å². The Bertz CT molecular complexity index is 436. The summed E-state index contributed by atoms with van der Waals surface area (Å²) in [6.07, 6.45) is 1.91. The molecule has 2 nitrogen and oxygen atoms in total. The molecule has 0 bridgehead atoms. The SMILES string of the molecule is Cc1ccc(-c2nnc(CCCCl)s2)s1. The molecule has 15 heavy (non-hydrogen) atoms. The van der Waals surface area contributed by atoms with Gasteiger partial charge in [-0.2, -0.15) is 0 Å². The van der Waals surface area contributed by atoms with Crippen LogP contribution in [0.5, 0.6) is 0 Å². The molecule has 2 rings (SSSR count). The Balaban J connectivity index is 2.13. The average molecular weight is 259 g/mol. The van der Waals surface area contributed by atoms with Gasteiger partial charge < -0.3 is 0 Å². The molecule has 0 aromatic carbocycles. The third-order valence-electron chi connectivity index (χ3n) is 1.94. The predicted molar refractivity (Wildman–Crippen MR) is 67.0 cm³/mol. The van der Waals surface area contributed by atoms with Crippen LogP contribution in [0, 0.1) is 6.92 Å². The molecule has 0 N–H and O–H groups in total. The molecule has 0 spiro atoms. The Hall–Kier alpha value is -0.450. The number of halogens is 1. The van der Waals surface area contributed by atoms with Gasteiger partial charge in [-0.1, -0.05) is 11.3 Å². The molecule has 2 aromatic heterocycles. The fraction of sp³-hybridized carbons (Fsp3) is 0.400. The highest BCUT2D eigenvalue weighted by atomic mass is 35.5. The van der Waals surface area contributed by atoms with Crippen LogP contribution in [0.4, 0.5) is 0 Å². The average Bonchev–Trinajstić information content (AvgIpc) is 2.83. The predicted octanol–water partition coefficient (Wildman–Crippen LogP) is 3.75. The summed E-state index contributed by atoms with van der Waals surface area (Å²) in [6, 6.07) is 4.21. The molecule has 0 unspecified atom stereocenters. The van der Waals surface area contributed by atoms with E-state index < -0.39 is 0 Å². The van der Waals surface area contributed by atoms with E-state index in [0.717, 1.165) is 22.9 Å². The number of hydrogen-bond donors (Lipinski definition) is 0. The maximum atomic E-state index is 5.64. The van der Waals surface area contributed by atoms with Gasteiger partial charge >= 0.3 is 0 Å². The summed E-state index contributed by atoms with van der Waals surface area (Å²) < 4.78 is 0. The molecule has 0 saturated carbocycles. The monoisotopic (exact) mass is 258 g/mol. The zero-order chi connectivity index (χ0) is 10.7. The lowest BCUT2D eigenvalue weighted by Crippen LogP contribution is -1.84. The largest absolute Gasteiger partial charge is 0.157 e. The molecule has 0 amide bonds. The Morgan fingerprint density at radius 3 is 2.80 bits per heavy atom. The van der Waals surface area contributed by atoms with Gasteiger partial charge in [0.25, 0.3) is 0 Å². The van der Waals surface area contributed by atoms with Crippen LogP contribution in [0.15, 0.2) is 12.1 Å². The van der Waals surface area contributed by atoms with Crippen molar-refractivity contribution in [1.29, 1.82) is 0 Å². The third kappa shape index (κ3) is 2.77. The van der Waals surface area contributed by atoms with Crippen LogP contribution in [0.2, 0.25) is 0 Å². The van der Waals surface area contributed by atoms with Crippen molar-refractivity contribution in [2.75, 3.05) is 5.88 Å². The second-order valence-electron chi connectivity index (χ2n) is 3.20. The van der Waals surface area contributed by atoms with E-state index in [1.807, 2.05) is 0 Å². The van der Waals surface area contributed by atoms with Gasteiger partial charge in [0.15, 0.2) is 5.01 Å². The highest BCUT2D eigenvalue weighted by molar-refractivity contribution is 7.21. The molecule has 5 heteroatoms. The topological polar surface area (TPSA) is 25.8 Å². The van der Waals surface area contributed by atoms with Crippen LogP contribution in [0.1, 0.15) is 16.3 Å².